The van der Waals surface area contributed by atoms with Gasteiger partial charge in [-0.05, 0) is 43.7 Å². The minimum absolute atomic E-state index is 0.0441. The summed E-state index contributed by atoms with van der Waals surface area (Å²) < 4.78 is 15.7. The summed E-state index contributed by atoms with van der Waals surface area (Å²) in [5.41, 5.74) is 2.44. The fraction of sp³-hybridized carbons (Fsp3) is 0.333. The number of rotatable bonds is 4. The summed E-state index contributed by atoms with van der Waals surface area (Å²) in [4.78, 5) is 14.6. The number of benzene rings is 2. The van der Waals surface area contributed by atoms with Gasteiger partial charge in [0.05, 0.1) is 11.7 Å². The van der Waals surface area contributed by atoms with Gasteiger partial charge in [0.15, 0.2) is 0 Å². The molecular formula is C21H24FN5O. The van der Waals surface area contributed by atoms with Crippen molar-refractivity contribution in [2.45, 2.75) is 25.4 Å². The van der Waals surface area contributed by atoms with Gasteiger partial charge >= 0.3 is 6.03 Å². The van der Waals surface area contributed by atoms with Crippen LogP contribution < -0.4 is 10.6 Å². The molecule has 0 spiro atoms. The van der Waals surface area contributed by atoms with E-state index in [0.717, 1.165) is 36.0 Å². The summed E-state index contributed by atoms with van der Waals surface area (Å²) in [5.74, 6) is -0.180. The molecule has 28 heavy (non-hydrogen) atoms. The first-order chi connectivity index (χ1) is 13.6. The van der Waals surface area contributed by atoms with Gasteiger partial charge in [-0.1, -0.05) is 18.2 Å². The topological polar surface area (TPSA) is 62.2 Å². The Labute approximate surface area is 163 Å². The number of likely N-dealkylation sites (tertiary alicyclic amines) is 1. The normalized spacial score (nSPS) is 17.6. The zero-order valence-electron chi connectivity index (χ0n) is 15.9. The quantitative estimate of drug-likeness (QED) is 0.727. The van der Waals surface area contributed by atoms with Crippen molar-refractivity contribution in [2.24, 2.45) is 7.05 Å². The zero-order chi connectivity index (χ0) is 19.5. The summed E-state index contributed by atoms with van der Waals surface area (Å²) in [6, 6.07) is 12.4. The average molecular weight is 381 g/mol. The van der Waals surface area contributed by atoms with E-state index in [1.165, 1.54) is 6.07 Å². The predicted molar refractivity (Wildman–Crippen MR) is 108 cm³/mol. The molecule has 0 aliphatic carbocycles. The predicted octanol–water partition coefficient (Wildman–Crippen LogP) is 3.50. The van der Waals surface area contributed by atoms with Gasteiger partial charge < -0.3 is 10.6 Å². The molecule has 1 aromatic heterocycles. The molecule has 0 saturated carbocycles. The largest absolute Gasteiger partial charge is 0.334 e. The van der Waals surface area contributed by atoms with Crippen LogP contribution in [0.3, 0.4) is 0 Å². The smallest absolute Gasteiger partial charge is 0.319 e. The third-order valence-corrected chi connectivity index (χ3v) is 5.20. The van der Waals surface area contributed by atoms with Gasteiger partial charge in [-0.2, -0.15) is 5.10 Å². The molecule has 1 aliphatic rings. The Hall–Kier alpha value is -2.93. The van der Waals surface area contributed by atoms with Crippen molar-refractivity contribution in [2.75, 3.05) is 18.4 Å². The fourth-order valence-corrected chi connectivity index (χ4v) is 3.78. The number of nitrogens with zero attached hydrogens (tertiary/aromatic N) is 3. The summed E-state index contributed by atoms with van der Waals surface area (Å²) in [6.45, 7) is 2.18. The molecule has 1 aliphatic heterocycles. The number of fused-ring (bicyclic) bond motifs is 1. The summed E-state index contributed by atoms with van der Waals surface area (Å²) in [6.07, 6.45) is 3.67. The number of carbonyl (C=O) groups is 1. The van der Waals surface area contributed by atoms with Gasteiger partial charge in [-0.3, -0.25) is 9.58 Å². The van der Waals surface area contributed by atoms with Crippen molar-refractivity contribution in [3.63, 3.8) is 0 Å². The molecule has 0 radical (unpaired) electrons. The lowest BCUT2D eigenvalue weighted by Crippen LogP contribution is -2.48. The highest BCUT2D eigenvalue weighted by Gasteiger charge is 2.22. The van der Waals surface area contributed by atoms with Gasteiger partial charge in [-0.15, -0.1) is 0 Å². The number of anilines is 1. The lowest BCUT2D eigenvalue weighted by molar-refractivity contribution is 0.182. The molecule has 7 heteroatoms. The number of nitrogens with one attached hydrogen (secondary N) is 2. The first kappa shape index (κ1) is 18.4. The second-order valence-corrected chi connectivity index (χ2v) is 7.31. The third kappa shape index (κ3) is 4.14. The molecule has 2 N–H and O–H groups in total. The maximum absolute atomic E-state index is 13.9. The molecule has 0 bridgehead atoms. The maximum atomic E-state index is 13.9. The van der Waals surface area contributed by atoms with E-state index in [0.29, 0.717) is 18.7 Å². The second-order valence-electron chi connectivity index (χ2n) is 7.31. The zero-order valence-corrected chi connectivity index (χ0v) is 15.9. The summed E-state index contributed by atoms with van der Waals surface area (Å²) in [7, 11) is 1.89. The van der Waals surface area contributed by atoms with Crippen molar-refractivity contribution in [3.05, 3.63) is 60.0 Å². The number of hydrogen-bond donors (Lipinski definition) is 2. The number of carbonyl (C=O) groups excluding carboxylic acids is 1. The Morgan fingerprint density at radius 2 is 2.14 bits per heavy atom. The van der Waals surface area contributed by atoms with Crippen LogP contribution in [0.25, 0.3) is 10.9 Å². The van der Waals surface area contributed by atoms with Gasteiger partial charge in [0.25, 0.3) is 0 Å². The van der Waals surface area contributed by atoms with Gasteiger partial charge in [0.1, 0.15) is 5.82 Å². The molecule has 1 atom stereocenters. The Balaban J connectivity index is 1.33. The number of halogens is 1. The third-order valence-electron chi connectivity index (χ3n) is 5.20. The minimum atomic E-state index is -0.221. The van der Waals surface area contributed by atoms with E-state index in [4.69, 9.17) is 0 Å². The number of urea groups is 1. The molecule has 2 heterocycles. The lowest BCUT2D eigenvalue weighted by Gasteiger charge is -2.33. The molecule has 1 fully saturated rings. The molecule has 146 valence electrons. The Bertz CT molecular complexity index is 986. The number of amides is 2. The van der Waals surface area contributed by atoms with Crippen LogP contribution in [-0.4, -0.2) is 39.8 Å². The van der Waals surface area contributed by atoms with Crippen LogP contribution in [0, 0.1) is 5.82 Å². The van der Waals surface area contributed by atoms with Gasteiger partial charge in [0, 0.05) is 42.8 Å². The Kier molecular flexibility index (Phi) is 5.25. The SMILES string of the molecule is Cn1ncc2cc(NC(=O)N[C@H]3CCCN(Cc4ccccc4F)C3)ccc21. The molecule has 3 aromatic rings. The summed E-state index contributed by atoms with van der Waals surface area (Å²) in [5, 5.41) is 11.1. The van der Waals surface area contributed by atoms with Crippen LogP contribution in [0.5, 0.6) is 0 Å². The number of aryl methyl sites for hydroxylation is 1. The van der Waals surface area contributed by atoms with Crippen LogP contribution in [-0.2, 0) is 13.6 Å². The van der Waals surface area contributed by atoms with E-state index in [-0.39, 0.29) is 17.9 Å². The number of hydrogen-bond acceptors (Lipinski definition) is 3. The van der Waals surface area contributed by atoms with E-state index < -0.39 is 0 Å². The maximum Gasteiger partial charge on any atom is 0.319 e. The first-order valence-electron chi connectivity index (χ1n) is 9.53. The van der Waals surface area contributed by atoms with Crippen molar-refractivity contribution < 1.29 is 9.18 Å². The minimum Gasteiger partial charge on any atom is -0.334 e. The van der Waals surface area contributed by atoms with Crippen molar-refractivity contribution in [1.82, 2.24) is 20.0 Å². The fourth-order valence-electron chi connectivity index (χ4n) is 3.78. The van der Waals surface area contributed by atoms with Crippen molar-refractivity contribution in [1.29, 1.82) is 0 Å². The first-order valence-corrected chi connectivity index (χ1v) is 9.53. The van der Waals surface area contributed by atoms with Crippen LogP contribution in [0.15, 0.2) is 48.7 Å². The number of aromatic nitrogens is 2. The Morgan fingerprint density at radius 3 is 3.00 bits per heavy atom. The lowest BCUT2D eigenvalue weighted by atomic mass is 10.0. The number of piperidine rings is 1. The van der Waals surface area contributed by atoms with E-state index >= 15 is 0 Å². The molecule has 1 saturated heterocycles. The molecular weight excluding hydrogens is 357 g/mol. The standard InChI is InChI=1S/C21H24FN5O/c1-26-20-9-8-17(11-16(20)12-23-26)24-21(28)25-18-6-4-10-27(14-18)13-15-5-2-3-7-19(15)22/h2-3,5,7-9,11-12,18H,4,6,10,13-14H2,1H3,(H2,24,25,28)/t18-/m0/s1. The molecule has 0 unspecified atom stereocenters. The highest BCUT2D eigenvalue weighted by molar-refractivity contribution is 5.92. The van der Waals surface area contributed by atoms with Crippen LogP contribution >= 0.6 is 0 Å². The van der Waals surface area contributed by atoms with E-state index in [1.54, 1.807) is 16.9 Å². The average Bonchev–Trinajstić information content (AvgIpc) is 3.04. The van der Waals surface area contributed by atoms with Crippen molar-refractivity contribution in [3.8, 4) is 0 Å². The second kappa shape index (κ2) is 7.98. The van der Waals surface area contributed by atoms with Gasteiger partial charge in [-0.25, -0.2) is 9.18 Å². The van der Waals surface area contributed by atoms with Crippen molar-refractivity contribution >= 4 is 22.6 Å². The van der Waals surface area contributed by atoms with Crippen LogP contribution in [0.2, 0.25) is 0 Å². The summed E-state index contributed by atoms with van der Waals surface area (Å²) >= 11 is 0. The van der Waals surface area contributed by atoms with Crippen LogP contribution in [0.4, 0.5) is 14.9 Å². The van der Waals surface area contributed by atoms with E-state index in [1.807, 2.05) is 37.4 Å². The highest BCUT2D eigenvalue weighted by atomic mass is 19.1. The van der Waals surface area contributed by atoms with E-state index in [2.05, 4.69) is 20.6 Å². The highest BCUT2D eigenvalue weighted by Crippen LogP contribution is 2.19. The Morgan fingerprint density at radius 1 is 1.29 bits per heavy atom. The van der Waals surface area contributed by atoms with Gasteiger partial charge in [0.2, 0.25) is 0 Å². The van der Waals surface area contributed by atoms with E-state index in [9.17, 15) is 9.18 Å². The molecule has 4 rings (SSSR count). The molecule has 2 amide bonds. The molecule has 6 nitrogen and oxygen atoms in total. The monoisotopic (exact) mass is 381 g/mol. The molecule has 2 aromatic carbocycles. The van der Waals surface area contributed by atoms with Crippen LogP contribution in [0.1, 0.15) is 18.4 Å².